The molecule has 1 aliphatic heterocycles. The van der Waals surface area contributed by atoms with Crippen LogP contribution in [0, 0.1) is 0 Å². The molecule has 5 heteroatoms. The van der Waals surface area contributed by atoms with Crippen molar-refractivity contribution >= 4 is 34.8 Å². The lowest BCUT2D eigenvalue weighted by Gasteiger charge is -2.16. The molecule has 0 fully saturated rings. The summed E-state index contributed by atoms with van der Waals surface area (Å²) in [6.07, 6.45) is 0.417. The summed E-state index contributed by atoms with van der Waals surface area (Å²) in [4.78, 5) is 13.4. The molecule has 1 atom stereocenters. The minimum atomic E-state index is -0.346. The Morgan fingerprint density at radius 1 is 1.19 bits per heavy atom. The van der Waals surface area contributed by atoms with Crippen LogP contribution in [0.15, 0.2) is 36.4 Å². The number of rotatable bonds is 2. The smallest absolute Gasteiger partial charge is 0.231 e. The molecule has 0 spiro atoms. The van der Waals surface area contributed by atoms with Crippen molar-refractivity contribution in [3.63, 3.8) is 0 Å². The van der Waals surface area contributed by atoms with Crippen LogP contribution in [-0.2, 0) is 11.2 Å². The molecule has 2 aromatic rings. The molecule has 1 unspecified atom stereocenters. The molecular weight excluding hydrogens is 307 g/mol. The topological polar surface area (TPSA) is 46.3 Å². The third-order valence-corrected chi connectivity index (χ3v) is 4.40. The summed E-state index contributed by atoms with van der Waals surface area (Å²) in [6.45, 7) is 0. The minimum Gasteiger partial charge on any atom is -0.320 e. The Morgan fingerprint density at radius 3 is 2.67 bits per heavy atom. The van der Waals surface area contributed by atoms with Crippen molar-refractivity contribution in [3.8, 4) is 0 Å². The average Bonchev–Trinajstić information content (AvgIpc) is 2.73. The van der Waals surface area contributed by atoms with Crippen molar-refractivity contribution < 1.29 is 4.79 Å². The summed E-state index contributed by atoms with van der Waals surface area (Å²) in [5, 5.41) is 1.13. The lowest BCUT2D eigenvalue weighted by atomic mass is 9.97. The number of nitrogens with zero attached hydrogens (tertiary/aromatic N) is 1. The van der Waals surface area contributed by atoms with Gasteiger partial charge in [-0.05, 0) is 34.9 Å². The molecule has 0 aliphatic carbocycles. The first-order valence-corrected chi connectivity index (χ1v) is 7.33. The molecule has 0 saturated carbocycles. The van der Waals surface area contributed by atoms with Gasteiger partial charge in [0.15, 0.2) is 0 Å². The standard InChI is InChI=1S/C16H14Cl2N2O/c1-20-14-5-2-9(6-10(14)7-15(20)21)16(19)12-4-3-11(17)8-13(12)18/h2-6,8,16H,7,19H2,1H3. The van der Waals surface area contributed by atoms with Crippen molar-refractivity contribution in [2.45, 2.75) is 12.5 Å². The van der Waals surface area contributed by atoms with Crippen LogP contribution >= 0.6 is 23.2 Å². The third kappa shape index (κ3) is 2.53. The number of carbonyl (C=O) groups excluding carboxylic acids is 1. The number of hydrogen-bond donors (Lipinski definition) is 1. The number of carbonyl (C=O) groups is 1. The summed E-state index contributed by atoms with van der Waals surface area (Å²) in [5.41, 5.74) is 10.00. The highest BCUT2D eigenvalue weighted by atomic mass is 35.5. The maximum atomic E-state index is 11.7. The summed E-state index contributed by atoms with van der Waals surface area (Å²) in [6, 6.07) is 10.8. The summed E-state index contributed by atoms with van der Waals surface area (Å²) in [5.74, 6) is 0.0975. The zero-order valence-electron chi connectivity index (χ0n) is 11.4. The highest BCUT2D eigenvalue weighted by Gasteiger charge is 2.25. The Hall–Kier alpha value is -1.55. The summed E-state index contributed by atoms with van der Waals surface area (Å²) < 4.78 is 0. The van der Waals surface area contributed by atoms with Gasteiger partial charge in [0.2, 0.25) is 5.91 Å². The van der Waals surface area contributed by atoms with E-state index in [1.54, 1.807) is 24.1 Å². The SMILES string of the molecule is CN1C(=O)Cc2cc(C(N)c3ccc(Cl)cc3Cl)ccc21. The van der Waals surface area contributed by atoms with Gasteiger partial charge in [-0.15, -0.1) is 0 Å². The second-order valence-corrected chi connectivity index (χ2v) is 6.00. The van der Waals surface area contributed by atoms with Gasteiger partial charge in [0, 0.05) is 22.8 Å². The van der Waals surface area contributed by atoms with E-state index in [0.29, 0.717) is 16.5 Å². The molecule has 0 bridgehead atoms. The number of halogens is 2. The zero-order chi connectivity index (χ0) is 15.1. The van der Waals surface area contributed by atoms with E-state index in [2.05, 4.69) is 0 Å². The van der Waals surface area contributed by atoms with E-state index in [9.17, 15) is 4.79 Å². The maximum Gasteiger partial charge on any atom is 0.231 e. The Balaban J connectivity index is 1.98. The fraction of sp³-hybridized carbons (Fsp3) is 0.188. The van der Waals surface area contributed by atoms with Gasteiger partial charge in [-0.1, -0.05) is 41.4 Å². The van der Waals surface area contributed by atoms with E-state index in [4.69, 9.17) is 28.9 Å². The van der Waals surface area contributed by atoms with Crippen LogP contribution in [0.3, 0.4) is 0 Å². The predicted molar refractivity (Wildman–Crippen MR) is 86.0 cm³/mol. The van der Waals surface area contributed by atoms with Crippen molar-refractivity contribution in [3.05, 3.63) is 63.1 Å². The van der Waals surface area contributed by atoms with Crippen molar-refractivity contribution in [1.29, 1.82) is 0 Å². The Kier molecular flexibility index (Phi) is 3.66. The predicted octanol–water partition coefficient (Wildman–Crippen LogP) is 3.56. The second-order valence-electron chi connectivity index (χ2n) is 5.16. The molecule has 1 heterocycles. The maximum absolute atomic E-state index is 11.7. The Bertz CT molecular complexity index is 730. The van der Waals surface area contributed by atoms with Gasteiger partial charge in [-0.25, -0.2) is 0 Å². The largest absolute Gasteiger partial charge is 0.320 e. The molecule has 3 nitrogen and oxygen atoms in total. The summed E-state index contributed by atoms with van der Waals surface area (Å²) in [7, 11) is 1.78. The van der Waals surface area contributed by atoms with Gasteiger partial charge in [0.05, 0.1) is 12.5 Å². The molecule has 21 heavy (non-hydrogen) atoms. The van der Waals surface area contributed by atoms with Gasteiger partial charge in [-0.3, -0.25) is 4.79 Å². The number of hydrogen-bond acceptors (Lipinski definition) is 2. The number of nitrogens with two attached hydrogens (primary N) is 1. The first-order valence-electron chi connectivity index (χ1n) is 6.57. The number of benzene rings is 2. The molecule has 3 rings (SSSR count). The van der Waals surface area contributed by atoms with Crippen molar-refractivity contribution in [2.75, 3.05) is 11.9 Å². The molecule has 2 N–H and O–H groups in total. The average molecular weight is 321 g/mol. The number of fused-ring (bicyclic) bond motifs is 1. The van der Waals surface area contributed by atoms with Gasteiger partial charge >= 0.3 is 0 Å². The second kappa shape index (κ2) is 5.34. The fourth-order valence-corrected chi connectivity index (χ4v) is 3.14. The Labute approximate surface area is 133 Å². The lowest BCUT2D eigenvalue weighted by molar-refractivity contribution is -0.117. The highest BCUT2D eigenvalue weighted by Crippen LogP contribution is 2.33. The van der Waals surface area contributed by atoms with Gasteiger partial charge in [0.1, 0.15) is 0 Å². The molecule has 1 amide bonds. The number of likely N-dealkylation sites (N-methyl/N-ethyl adjacent to an activating group) is 1. The number of anilines is 1. The van der Waals surface area contributed by atoms with Crippen LogP contribution in [0.5, 0.6) is 0 Å². The first kappa shape index (κ1) is 14.4. The lowest BCUT2D eigenvalue weighted by Crippen LogP contribution is -2.20. The van der Waals surface area contributed by atoms with Crippen molar-refractivity contribution in [1.82, 2.24) is 0 Å². The molecule has 0 radical (unpaired) electrons. The van der Waals surface area contributed by atoms with E-state index in [-0.39, 0.29) is 11.9 Å². The summed E-state index contributed by atoms with van der Waals surface area (Å²) >= 11 is 12.1. The zero-order valence-corrected chi connectivity index (χ0v) is 12.9. The van der Waals surface area contributed by atoms with Crippen LogP contribution in [0.4, 0.5) is 5.69 Å². The molecule has 108 valence electrons. The Morgan fingerprint density at radius 2 is 1.95 bits per heavy atom. The normalized spacial score (nSPS) is 15.2. The van der Waals surface area contributed by atoms with Crippen LogP contribution in [0.1, 0.15) is 22.7 Å². The van der Waals surface area contributed by atoms with Crippen LogP contribution in [0.25, 0.3) is 0 Å². The van der Waals surface area contributed by atoms with Gasteiger partial charge in [0.25, 0.3) is 0 Å². The molecule has 1 aliphatic rings. The minimum absolute atomic E-state index is 0.0975. The fourth-order valence-electron chi connectivity index (χ4n) is 2.62. The third-order valence-electron chi connectivity index (χ3n) is 3.84. The van der Waals surface area contributed by atoms with E-state index in [0.717, 1.165) is 22.4 Å². The van der Waals surface area contributed by atoms with E-state index in [1.165, 1.54) is 0 Å². The quantitative estimate of drug-likeness (QED) is 0.919. The van der Waals surface area contributed by atoms with Gasteiger partial charge < -0.3 is 10.6 Å². The van der Waals surface area contributed by atoms with Crippen molar-refractivity contribution in [2.24, 2.45) is 5.73 Å². The van der Waals surface area contributed by atoms with Crippen LogP contribution < -0.4 is 10.6 Å². The molecule has 0 saturated heterocycles. The monoisotopic (exact) mass is 320 g/mol. The highest BCUT2D eigenvalue weighted by molar-refractivity contribution is 6.35. The van der Waals surface area contributed by atoms with Crippen LogP contribution in [-0.4, -0.2) is 13.0 Å². The van der Waals surface area contributed by atoms with Crippen LogP contribution in [0.2, 0.25) is 10.0 Å². The van der Waals surface area contributed by atoms with E-state index < -0.39 is 0 Å². The molecule has 2 aromatic carbocycles. The molecular formula is C16H14Cl2N2O. The first-order chi connectivity index (χ1) is 9.97. The molecule has 0 aromatic heterocycles. The van der Waals surface area contributed by atoms with E-state index >= 15 is 0 Å². The van der Waals surface area contributed by atoms with Gasteiger partial charge in [-0.2, -0.15) is 0 Å². The number of amides is 1. The van der Waals surface area contributed by atoms with E-state index in [1.807, 2.05) is 24.3 Å².